The van der Waals surface area contributed by atoms with Crippen LogP contribution in [0.2, 0.25) is 0 Å². The maximum absolute atomic E-state index is 14.4. The number of pyridine rings is 1. The number of benzene rings is 3. The summed E-state index contributed by atoms with van der Waals surface area (Å²) in [5.41, 5.74) is 6.78. The highest BCUT2D eigenvalue weighted by atomic mass is 16.6. The standard InChI is InChI=1S/C32H33N3O10/c1-39-23-16-21-22(17-24(23)45-32(38)34-10-12-44-13-11-34)30(36)35(20-8-6-19(33)7-9-20)28(31(37)43-5)27(21)18-14-25(40-2)29(42-4)26(15-18)41-3/h6-9,14-17H,10-13,33H2,1-5H3. The molecule has 3 aromatic carbocycles. The Morgan fingerprint density at radius 3 is 1.93 bits per heavy atom. The summed E-state index contributed by atoms with van der Waals surface area (Å²) in [5, 5.41) is 0.429. The SMILES string of the molecule is COC(=O)c1c(-c2cc(OC)c(OC)c(OC)c2)c2cc(OC)c(OC(=O)N3CCOCC3)cc2c(=O)n1-c1ccc(N)cc1. The molecule has 0 spiro atoms. The van der Waals surface area contributed by atoms with Gasteiger partial charge >= 0.3 is 12.1 Å². The highest BCUT2D eigenvalue weighted by Gasteiger charge is 2.29. The molecule has 45 heavy (non-hydrogen) atoms. The van der Waals surface area contributed by atoms with E-state index in [9.17, 15) is 14.4 Å². The number of nitrogens with zero attached hydrogens (tertiary/aromatic N) is 2. The average Bonchev–Trinajstić information content (AvgIpc) is 3.07. The third-order valence-electron chi connectivity index (χ3n) is 7.42. The van der Waals surface area contributed by atoms with Crippen molar-refractivity contribution in [1.29, 1.82) is 0 Å². The number of amides is 1. The van der Waals surface area contributed by atoms with E-state index in [1.807, 2.05) is 0 Å². The van der Waals surface area contributed by atoms with E-state index in [1.54, 1.807) is 36.4 Å². The molecule has 13 nitrogen and oxygen atoms in total. The van der Waals surface area contributed by atoms with Gasteiger partial charge in [-0.05, 0) is 54.1 Å². The highest BCUT2D eigenvalue weighted by Crippen LogP contribution is 2.45. The van der Waals surface area contributed by atoms with Crippen molar-refractivity contribution in [3.05, 3.63) is 64.6 Å². The van der Waals surface area contributed by atoms with Crippen LogP contribution in [0.5, 0.6) is 28.7 Å². The van der Waals surface area contributed by atoms with Crippen molar-refractivity contribution in [3.63, 3.8) is 0 Å². The number of carbonyl (C=O) groups excluding carboxylic acids is 2. The number of hydrogen-bond donors (Lipinski definition) is 1. The fraction of sp³-hybridized carbons (Fsp3) is 0.281. The Hall–Kier alpha value is -5.43. The van der Waals surface area contributed by atoms with Crippen molar-refractivity contribution in [2.24, 2.45) is 0 Å². The van der Waals surface area contributed by atoms with Crippen molar-refractivity contribution >= 4 is 28.5 Å². The number of ether oxygens (including phenoxy) is 7. The molecular weight excluding hydrogens is 586 g/mol. The molecule has 5 rings (SSSR count). The Bertz CT molecular complexity index is 1790. The first kappa shape index (κ1) is 31.0. The Balaban J connectivity index is 1.89. The van der Waals surface area contributed by atoms with Gasteiger partial charge in [-0.25, -0.2) is 9.59 Å². The largest absolute Gasteiger partial charge is 0.493 e. The number of carbonyl (C=O) groups is 2. The lowest BCUT2D eigenvalue weighted by Gasteiger charge is -2.26. The van der Waals surface area contributed by atoms with Crippen LogP contribution in [0.1, 0.15) is 10.5 Å². The quantitative estimate of drug-likeness (QED) is 0.226. The predicted octanol–water partition coefficient (Wildman–Crippen LogP) is 3.89. The molecule has 4 aromatic rings. The zero-order valence-electron chi connectivity index (χ0n) is 25.5. The minimum absolute atomic E-state index is 0.0177. The van der Waals surface area contributed by atoms with Crippen LogP contribution in [0.3, 0.4) is 0 Å². The van der Waals surface area contributed by atoms with Crippen LogP contribution in [0.4, 0.5) is 10.5 Å². The molecule has 1 amide bonds. The molecule has 1 aromatic heterocycles. The lowest BCUT2D eigenvalue weighted by atomic mass is 9.95. The number of rotatable bonds is 8. The molecule has 0 atom stereocenters. The van der Waals surface area contributed by atoms with E-state index in [2.05, 4.69) is 0 Å². The molecule has 1 fully saturated rings. The highest BCUT2D eigenvalue weighted by molar-refractivity contribution is 6.08. The normalized spacial score (nSPS) is 12.9. The number of fused-ring (bicyclic) bond motifs is 1. The third-order valence-corrected chi connectivity index (χ3v) is 7.42. The van der Waals surface area contributed by atoms with Gasteiger partial charge in [0.1, 0.15) is 5.69 Å². The van der Waals surface area contributed by atoms with Gasteiger partial charge in [0, 0.05) is 35.4 Å². The summed E-state index contributed by atoms with van der Waals surface area (Å²) < 4.78 is 39.9. The van der Waals surface area contributed by atoms with Crippen LogP contribution in [0, 0.1) is 0 Å². The summed E-state index contributed by atoms with van der Waals surface area (Å²) in [6, 6.07) is 12.7. The number of esters is 1. The number of hydrogen-bond acceptors (Lipinski definition) is 11. The van der Waals surface area contributed by atoms with E-state index in [1.165, 1.54) is 57.1 Å². The number of aromatic nitrogens is 1. The van der Waals surface area contributed by atoms with E-state index in [-0.39, 0.29) is 28.1 Å². The van der Waals surface area contributed by atoms with E-state index < -0.39 is 17.6 Å². The molecule has 0 saturated carbocycles. The smallest absolute Gasteiger partial charge is 0.415 e. The molecule has 1 aliphatic rings. The molecule has 1 aliphatic heterocycles. The van der Waals surface area contributed by atoms with Crippen LogP contribution in [-0.4, -0.2) is 83.4 Å². The maximum Gasteiger partial charge on any atom is 0.415 e. The summed E-state index contributed by atoms with van der Waals surface area (Å²) in [5.74, 6) is 0.321. The third kappa shape index (κ3) is 5.77. The molecule has 13 heteroatoms. The van der Waals surface area contributed by atoms with Crippen molar-refractivity contribution in [2.75, 3.05) is 67.6 Å². The van der Waals surface area contributed by atoms with Gasteiger partial charge in [-0.15, -0.1) is 0 Å². The van der Waals surface area contributed by atoms with Gasteiger partial charge in [-0.2, -0.15) is 0 Å². The first-order valence-electron chi connectivity index (χ1n) is 13.9. The van der Waals surface area contributed by atoms with Crippen molar-refractivity contribution in [1.82, 2.24) is 9.47 Å². The van der Waals surface area contributed by atoms with Crippen molar-refractivity contribution < 1.29 is 42.7 Å². The van der Waals surface area contributed by atoms with Gasteiger partial charge in [0.25, 0.3) is 5.56 Å². The molecule has 2 heterocycles. The molecular formula is C32H33N3O10. The second-order valence-corrected chi connectivity index (χ2v) is 9.88. The number of nitrogens with two attached hydrogens (primary N) is 1. The van der Waals surface area contributed by atoms with E-state index in [4.69, 9.17) is 38.9 Å². The first-order valence-corrected chi connectivity index (χ1v) is 13.9. The molecule has 0 unspecified atom stereocenters. The van der Waals surface area contributed by atoms with Crippen LogP contribution in [0.25, 0.3) is 27.6 Å². The molecule has 236 valence electrons. The van der Waals surface area contributed by atoms with Crippen molar-refractivity contribution in [3.8, 4) is 45.6 Å². The van der Waals surface area contributed by atoms with Gasteiger partial charge < -0.3 is 43.8 Å². The topological polar surface area (TPSA) is 150 Å². The fourth-order valence-electron chi connectivity index (χ4n) is 5.23. The summed E-state index contributed by atoms with van der Waals surface area (Å²) in [7, 11) is 7.03. The number of methoxy groups -OCH3 is 5. The monoisotopic (exact) mass is 619 g/mol. The van der Waals surface area contributed by atoms with Crippen LogP contribution in [-0.2, 0) is 9.47 Å². The maximum atomic E-state index is 14.4. The summed E-state index contributed by atoms with van der Waals surface area (Å²) in [6.07, 6.45) is -0.620. The molecule has 0 aliphatic carbocycles. The average molecular weight is 620 g/mol. The Labute approximate surface area is 258 Å². The molecule has 0 bridgehead atoms. The van der Waals surface area contributed by atoms with Crippen LogP contribution in [0.15, 0.2) is 53.3 Å². The summed E-state index contributed by atoms with van der Waals surface area (Å²) >= 11 is 0. The summed E-state index contributed by atoms with van der Waals surface area (Å²) in [6.45, 7) is 1.47. The number of nitrogen functional groups attached to an aromatic ring is 1. The van der Waals surface area contributed by atoms with Gasteiger partial charge in [-0.3, -0.25) is 9.36 Å². The lowest BCUT2D eigenvalue weighted by molar-refractivity contribution is 0.0413. The van der Waals surface area contributed by atoms with Gasteiger partial charge in [0.2, 0.25) is 5.75 Å². The second kappa shape index (κ2) is 13.1. The number of morpholine rings is 1. The second-order valence-electron chi connectivity index (χ2n) is 9.88. The Morgan fingerprint density at radius 2 is 1.38 bits per heavy atom. The zero-order valence-corrected chi connectivity index (χ0v) is 25.5. The van der Waals surface area contributed by atoms with Gasteiger partial charge in [0.15, 0.2) is 23.0 Å². The van der Waals surface area contributed by atoms with Gasteiger partial charge in [0.05, 0.1) is 54.1 Å². The summed E-state index contributed by atoms with van der Waals surface area (Å²) in [4.78, 5) is 42.5. The van der Waals surface area contributed by atoms with E-state index in [0.29, 0.717) is 65.9 Å². The minimum atomic E-state index is -0.795. The Morgan fingerprint density at radius 1 is 0.778 bits per heavy atom. The van der Waals surface area contributed by atoms with Crippen LogP contribution < -0.4 is 35.0 Å². The zero-order chi connectivity index (χ0) is 32.2. The first-order chi connectivity index (χ1) is 21.8. The molecule has 0 radical (unpaired) electrons. The predicted molar refractivity (Wildman–Crippen MR) is 165 cm³/mol. The molecule has 2 N–H and O–H groups in total. The Kier molecular flexibility index (Phi) is 9.00. The van der Waals surface area contributed by atoms with Crippen LogP contribution >= 0.6 is 0 Å². The number of anilines is 1. The lowest BCUT2D eigenvalue weighted by Crippen LogP contribution is -2.42. The van der Waals surface area contributed by atoms with Crippen molar-refractivity contribution in [2.45, 2.75) is 0 Å². The fourth-order valence-corrected chi connectivity index (χ4v) is 5.23. The molecule has 1 saturated heterocycles. The van der Waals surface area contributed by atoms with E-state index in [0.717, 1.165) is 0 Å². The minimum Gasteiger partial charge on any atom is -0.493 e. The van der Waals surface area contributed by atoms with E-state index >= 15 is 0 Å². The van der Waals surface area contributed by atoms with Gasteiger partial charge in [-0.1, -0.05) is 0 Å².